The van der Waals surface area contributed by atoms with Gasteiger partial charge >= 0.3 is 0 Å². The summed E-state index contributed by atoms with van der Waals surface area (Å²) in [5.74, 6) is 0.813. The maximum Gasteiger partial charge on any atom is 0.238 e. The summed E-state index contributed by atoms with van der Waals surface area (Å²) in [4.78, 5) is 7.19. The van der Waals surface area contributed by atoms with E-state index in [0.29, 0.717) is 12.6 Å². The quantitative estimate of drug-likeness (QED) is 0.283. The number of primary sulfonamides is 1. The van der Waals surface area contributed by atoms with Crippen LogP contribution in [0, 0.1) is 0 Å². The molecule has 7 nitrogen and oxygen atoms in total. The Morgan fingerprint density at radius 2 is 1.87 bits per heavy atom. The number of sulfonamides is 1. The standard InChI is InChI=1S/C21H29N5O2S.HI/c1-2-23-21(24-14-12-17-8-10-20(11-9-17)29(22,27)28)25-18-13-15-26(16-18)19-6-4-3-5-7-19;/h3-11,18H,2,12-16H2,1H3,(H2,22,27,28)(H2,23,24,25);1H. The van der Waals surface area contributed by atoms with Crippen LogP contribution in [0.3, 0.4) is 0 Å². The second-order valence-electron chi connectivity index (χ2n) is 7.11. The van der Waals surface area contributed by atoms with Gasteiger partial charge in [0.05, 0.1) is 4.90 Å². The lowest BCUT2D eigenvalue weighted by molar-refractivity contribution is 0.598. The van der Waals surface area contributed by atoms with Gasteiger partial charge in [0.15, 0.2) is 5.96 Å². The number of hydrogen-bond donors (Lipinski definition) is 3. The lowest BCUT2D eigenvalue weighted by Crippen LogP contribution is -2.44. The molecule has 1 atom stereocenters. The second kappa shape index (κ2) is 11.5. The summed E-state index contributed by atoms with van der Waals surface area (Å²) in [6, 6.07) is 17.4. The van der Waals surface area contributed by atoms with Gasteiger partial charge in [-0.2, -0.15) is 0 Å². The second-order valence-corrected chi connectivity index (χ2v) is 8.67. The van der Waals surface area contributed by atoms with Crippen molar-refractivity contribution in [2.45, 2.75) is 30.7 Å². The molecule has 1 saturated heterocycles. The van der Waals surface area contributed by atoms with Crippen molar-refractivity contribution in [3.05, 3.63) is 60.2 Å². The largest absolute Gasteiger partial charge is 0.369 e. The summed E-state index contributed by atoms with van der Waals surface area (Å²) in [6.45, 7) is 5.43. The third kappa shape index (κ3) is 7.13. The normalized spacial score (nSPS) is 16.8. The predicted octanol–water partition coefficient (Wildman–Crippen LogP) is 2.33. The van der Waals surface area contributed by atoms with E-state index in [0.717, 1.165) is 44.0 Å². The number of guanidine groups is 1. The summed E-state index contributed by atoms with van der Waals surface area (Å²) in [5.41, 5.74) is 2.27. The van der Waals surface area contributed by atoms with Gasteiger partial charge in [-0.05, 0) is 49.6 Å². The van der Waals surface area contributed by atoms with E-state index in [4.69, 9.17) is 5.14 Å². The minimum Gasteiger partial charge on any atom is -0.369 e. The number of benzene rings is 2. The number of anilines is 1. The topological polar surface area (TPSA) is 99.8 Å². The summed E-state index contributed by atoms with van der Waals surface area (Å²) in [7, 11) is -3.65. The molecule has 30 heavy (non-hydrogen) atoms. The smallest absolute Gasteiger partial charge is 0.238 e. The molecule has 0 radical (unpaired) electrons. The van der Waals surface area contributed by atoms with Gasteiger partial charge in [0.1, 0.15) is 0 Å². The van der Waals surface area contributed by atoms with E-state index in [-0.39, 0.29) is 28.9 Å². The van der Waals surface area contributed by atoms with Gasteiger partial charge in [0.25, 0.3) is 0 Å². The van der Waals surface area contributed by atoms with E-state index in [1.807, 2.05) is 13.0 Å². The number of rotatable bonds is 7. The molecule has 1 heterocycles. The molecular weight excluding hydrogens is 513 g/mol. The minimum absolute atomic E-state index is 0. The molecule has 1 aliphatic rings. The fourth-order valence-electron chi connectivity index (χ4n) is 3.41. The van der Waals surface area contributed by atoms with Crippen LogP contribution in [0.1, 0.15) is 18.9 Å². The molecular formula is C21H30IN5O2S. The number of halogens is 1. The molecule has 1 aliphatic heterocycles. The van der Waals surface area contributed by atoms with Gasteiger partial charge in [0, 0.05) is 37.9 Å². The first kappa shape index (κ1) is 24.4. The van der Waals surface area contributed by atoms with Crippen LogP contribution in [-0.2, 0) is 16.4 Å². The zero-order valence-electron chi connectivity index (χ0n) is 17.1. The Morgan fingerprint density at radius 3 is 2.50 bits per heavy atom. The summed E-state index contributed by atoms with van der Waals surface area (Å²) in [5, 5.41) is 12.0. The maximum absolute atomic E-state index is 11.3. The lowest BCUT2D eigenvalue weighted by Gasteiger charge is -2.20. The van der Waals surface area contributed by atoms with Crippen LogP contribution in [0.5, 0.6) is 0 Å². The van der Waals surface area contributed by atoms with E-state index in [2.05, 4.69) is 44.8 Å². The van der Waals surface area contributed by atoms with Crippen molar-refractivity contribution in [3.8, 4) is 0 Å². The minimum atomic E-state index is -3.65. The Balaban J connectivity index is 0.00000320. The van der Waals surface area contributed by atoms with Crippen molar-refractivity contribution in [2.24, 2.45) is 10.1 Å². The van der Waals surface area contributed by atoms with Crippen molar-refractivity contribution >= 4 is 45.6 Å². The fraction of sp³-hybridized carbons (Fsp3) is 0.381. The van der Waals surface area contributed by atoms with E-state index in [9.17, 15) is 8.42 Å². The summed E-state index contributed by atoms with van der Waals surface area (Å²) in [6.07, 6.45) is 1.79. The van der Waals surface area contributed by atoms with Gasteiger partial charge in [-0.1, -0.05) is 30.3 Å². The highest BCUT2D eigenvalue weighted by molar-refractivity contribution is 14.0. The fourth-order valence-corrected chi connectivity index (χ4v) is 3.92. The average Bonchev–Trinajstić information content (AvgIpc) is 3.17. The van der Waals surface area contributed by atoms with Crippen molar-refractivity contribution in [1.82, 2.24) is 10.6 Å². The molecule has 0 aromatic heterocycles. The summed E-state index contributed by atoms with van der Waals surface area (Å²) >= 11 is 0. The SMILES string of the molecule is CCNC(=NCCc1ccc(S(N)(=O)=O)cc1)NC1CCN(c2ccccc2)C1.I. The van der Waals surface area contributed by atoms with Crippen molar-refractivity contribution in [2.75, 3.05) is 31.1 Å². The summed E-state index contributed by atoms with van der Waals surface area (Å²) < 4.78 is 22.7. The molecule has 3 rings (SSSR count). The number of nitrogens with two attached hydrogens (primary N) is 1. The zero-order chi connectivity index (χ0) is 20.7. The van der Waals surface area contributed by atoms with E-state index in [1.165, 1.54) is 17.8 Å². The molecule has 0 spiro atoms. The van der Waals surface area contributed by atoms with Crippen LogP contribution in [0.25, 0.3) is 0 Å². The molecule has 0 amide bonds. The first-order valence-corrected chi connectivity index (χ1v) is 11.5. The molecule has 0 bridgehead atoms. The highest BCUT2D eigenvalue weighted by atomic mass is 127. The van der Waals surface area contributed by atoms with Gasteiger partial charge in [-0.15, -0.1) is 24.0 Å². The third-order valence-electron chi connectivity index (χ3n) is 4.92. The Morgan fingerprint density at radius 1 is 1.17 bits per heavy atom. The molecule has 1 fully saturated rings. The third-order valence-corrected chi connectivity index (χ3v) is 5.85. The Kier molecular flexibility index (Phi) is 9.37. The number of nitrogens with one attached hydrogen (secondary N) is 2. The van der Waals surface area contributed by atoms with E-state index >= 15 is 0 Å². The van der Waals surface area contributed by atoms with Crippen LogP contribution in [0.4, 0.5) is 5.69 Å². The van der Waals surface area contributed by atoms with Crippen molar-refractivity contribution < 1.29 is 8.42 Å². The van der Waals surface area contributed by atoms with E-state index < -0.39 is 10.0 Å². The van der Waals surface area contributed by atoms with Crippen molar-refractivity contribution in [3.63, 3.8) is 0 Å². The van der Waals surface area contributed by atoms with Crippen LogP contribution < -0.4 is 20.7 Å². The maximum atomic E-state index is 11.3. The molecule has 9 heteroatoms. The predicted molar refractivity (Wildman–Crippen MR) is 133 cm³/mol. The number of nitrogens with zero attached hydrogens (tertiary/aromatic N) is 2. The lowest BCUT2D eigenvalue weighted by atomic mass is 10.1. The van der Waals surface area contributed by atoms with Crippen LogP contribution in [0.2, 0.25) is 0 Å². The Hall–Kier alpha value is -1.85. The van der Waals surface area contributed by atoms with Crippen LogP contribution in [0.15, 0.2) is 64.5 Å². The highest BCUT2D eigenvalue weighted by Gasteiger charge is 2.23. The van der Waals surface area contributed by atoms with Crippen molar-refractivity contribution in [1.29, 1.82) is 0 Å². The van der Waals surface area contributed by atoms with Crippen LogP contribution >= 0.6 is 24.0 Å². The molecule has 164 valence electrons. The number of para-hydroxylation sites is 1. The molecule has 1 unspecified atom stereocenters. The molecule has 2 aromatic rings. The van der Waals surface area contributed by atoms with Gasteiger partial charge in [0.2, 0.25) is 10.0 Å². The van der Waals surface area contributed by atoms with E-state index in [1.54, 1.807) is 12.1 Å². The van der Waals surface area contributed by atoms with Gasteiger partial charge in [-0.25, -0.2) is 13.6 Å². The monoisotopic (exact) mass is 543 g/mol. The highest BCUT2D eigenvalue weighted by Crippen LogP contribution is 2.19. The Labute approximate surface area is 196 Å². The zero-order valence-corrected chi connectivity index (χ0v) is 20.3. The first-order chi connectivity index (χ1) is 14.0. The van der Waals surface area contributed by atoms with Gasteiger partial charge in [-0.3, -0.25) is 4.99 Å². The molecule has 4 N–H and O–H groups in total. The van der Waals surface area contributed by atoms with Crippen LogP contribution in [-0.4, -0.2) is 46.6 Å². The molecule has 0 aliphatic carbocycles. The average molecular weight is 543 g/mol. The van der Waals surface area contributed by atoms with Gasteiger partial charge < -0.3 is 15.5 Å². The number of aliphatic imine (C=N–C) groups is 1. The number of hydrogen-bond acceptors (Lipinski definition) is 4. The molecule has 0 saturated carbocycles. The molecule has 2 aromatic carbocycles. The first-order valence-electron chi connectivity index (χ1n) is 9.92. The Bertz CT molecular complexity index is 920.